The molecular weight excluding hydrogens is 564 g/mol. The van der Waals surface area contributed by atoms with Crippen LogP contribution < -0.4 is 25.0 Å². The molecule has 218 valence electrons. The molecule has 0 radical (unpaired) electrons. The van der Waals surface area contributed by atoms with Crippen LogP contribution in [0.2, 0.25) is 0 Å². The molecule has 0 aliphatic carbocycles. The smallest absolute Gasteiger partial charge is 0.275 e. The zero-order valence-corrected chi connectivity index (χ0v) is 24.9. The highest BCUT2D eigenvalue weighted by molar-refractivity contribution is 7.10. The van der Waals surface area contributed by atoms with Crippen molar-refractivity contribution in [1.29, 1.82) is 0 Å². The van der Waals surface area contributed by atoms with Gasteiger partial charge in [0, 0.05) is 31.2 Å². The van der Waals surface area contributed by atoms with Gasteiger partial charge >= 0.3 is 0 Å². The van der Waals surface area contributed by atoms with E-state index in [0.29, 0.717) is 5.69 Å². The number of benzene rings is 3. The van der Waals surface area contributed by atoms with Gasteiger partial charge in [-0.3, -0.25) is 0 Å². The molecule has 12 nitrogen and oxygen atoms in total. The van der Waals surface area contributed by atoms with Gasteiger partial charge in [0.25, 0.3) is 5.95 Å². The van der Waals surface area contributed by atoms with E-state index in [1.807, 2.05) is 109 Å². The van der Waals surface area contributed by atoms with Crippen molar-refractivity contribution in [2.24, 2.45) is 20.5 Å². The molecule has 0 aliphatic rings. The van der Waals surface area contributed by atoms with Gasteiger partial charge in [-0.2, -0.15) is 30.3 Å². The zero-order valence-electron chi connectivity index (χ0n) is 24.0. The topological polar surface area (TPSA) is 134 Å². The molecule has 0 saturated heterocycles. The first-order chi connectivity index (χ1) is 21.0. The SMILES string of the molecule is COc1ccc(Nc2nc(N=NC(N=Nc3ccc(N(C)C)cc3)c3cccs3)nc(Nc3ccc(OC)cc3)n2)cc1. The van der Waals surface area contributed by atoms with Gasteiger partial charge < -0.3 is 25.0 Å². The highest BCUT2D eigenvalue weighted by atomic mass is 32.1. The monoisotopic (exact) mass is 594 g/mol. The molecule has 2 heterocycles. The van der Waals surface area contributed by atoms with E-state index in [1.54, 1.807) is 14.2 Å². The maximum absolute atomic E-state index is 5.26. The lowest BCUT2D eigenvalue weighted by molar-refractivity contribution is 0.415. The van der Waals surface area contributed by atoms with E-state index in [0.717, 1.165) is 33.4 Å². The van der Waals surface area contributed by atoms with Crippen LogP contribution in [0.4, 0.5) is 40.6 Å². The van der Waals surface area contributed by atoms with Crippen LogP contribution in [0, 0.1) is 0 Å². The van der Waals surface area contributed by atoms with Crippen molar-refractivity contribution in [3.8, 4) is 11.5 Å². The maximum Gasteiger partial charge on any atom is 0.275 e. The summed E-state index contributed by atoms with van der Waals surface area (Å²) in [4.78, 5) is 16.4. The molecule has 0 saturated carbocycles. The molecule has 0 aliphatic heterocycles. The molecule has 2 N–H and O–H groups in total. The number of hydrogen-bond donors (Lipinski definition) is 2. The Kier molecular flexibility index (Phi) is 9.44. The molecule has 1 unspecified atom stereocenters. The highest BCUT2D eigenvalue weighted by Crippen LogP contribution is 2.29. The van der Waals surface area contributed by atoms with Crippen LogP contribution in [0.1, 0.15) is 11.0 Å². The van der Waals surface area contributed by atoms with Crippen molar-refractivity contribution in [2.45, 2.75) is 6.17 Å². The van der Waals surface area contributed by atoms with Crippen molar-refractivity contribution < 1.29 is 9.47 Å². The minimum atomic E-state index is -0.679. The molecule has 3 aromatic carbocycles. The van der Waals surface area contributed by atoms with Crippen molar-refractivity contribution in [2.75, 3.05) is 43.8 Å². The number of nitrogens with zero attached hydrogens (tertiary/aromatic N) is 8. The van der Waals surface area contributed by atoms with E-state index >= 15 is 0 Å². The standard InChI is InChI=1S/C30H30N10O2S/c1-40(2)23-13-7-22(8-14-23)36-37-27(26-6-5-19-43-26)38-39-30-34-28(31-20-9-15-24(41-3)16-10-20)33-29(35-30)32-21-11-17-25(42-4)18-12-21/h5-19,27H,1-4H3,(H2,31,32,33,34,35). The molecule has 2 aromatic heterocycles. The number of hydrogen-bond acceptors (Lipinski definition) is 13. The van der Waals surface area contributed by atoms with E-state index in [4.69, 9.17) is 9.47 Å². The number of methoxy groups -OCH3 is 2. The lowest BCUT2D eigenvalue weighted by Crippen LogP contribution is -2.07. The average Bonchev–Trinajstić information content (AvgIpc) is 3.57. The summed E-state index contributed by atoms with van der Waals surface area (Å²) in [6, 6.07) is 26.4. The summed E-state index contributed by atoms with van der Waals surface area (Å²) in [5.74, 6) is 2.12. The molecular formula is C30H30N10O2S. The first kappa shape index (κ1) is 29.1. The number of ether oxygens (including phenoxy) is 2. The van der Waals surface area contributed by atoms with E-state index in [9.17, 15) is 0 Å². The first-order valence-electron chi connectivity index (χ1n) is 13.2. The number of azo groups is 2. The summed E-state index contributed by atoms with van der Waals surface area (Å²) in [6.45, 7) is 0. The summed E-state index contributed by atoms with van der Waals surface area (Å²) in [5, 5.41) is 26.0. The van der Waals surface area contributed by atoms with Gasteiger partial charge in [0.05, 0.1) is 24.8 Å². The van der Waals surface area contributed by atoms with Crippen molar-refractivity contribution in [3.63, 3.8) is 0 Å². The Morgan fingerprint density at radius 1 is 0.698 bits per heavy atom. The second-order valence-electron chi connectivity index (χ2n) is 9.22. The third-order valence-electron chi connectivity index (χ3n) is 6.02. The van der Waals surface area contributed by atoms with Gasteiger partial charge in [0.15, 0.2) is 0 Å². The Bertz CT molecular complexity index is 1590. The Morgan fingerprint density at radius 3 is 1.74 bits per heavy atom. The summed E-state index contributed by atoms with van der Waals surface area (Å²) in [6.07, 6.45) is -0.679. The fourth-order valence-corrected chi connectivity index (χ4v) is 4.44. The number of thiophene rings is 1. The Morgan fingerprint density at radius 2 is 1.26 bits per heavy atom. The average molecular weight is 595 g/mol. The van der Waals surface area contributed by atoms with Crippen LogP contribution in [0.15, 0.2) is 111 Å². The molecule has 5 rings (SSSR count). The van der Waals surface area contributed by atoms with E-state index in [2.05, 4.69) is 46.0 Å². The van der Waals surface area contributed by atoms with Crippen molar-refractivity contribution in [3.05, 3.63) is 95.2 Å². The molecule has 1 atom stereocenters. The summed E-state index contributed by atoms with van der Waals surface area (Å²) in [5.41, 5.74) is 3.30. The van der Waals surface area contributed by atoms with Gasteiger partial charge in [-0.1, -0.05) is 6.07 Å². The molecule has 0 fully saturated rings. The number of aromatic nitrogens is 3. The maximum atomic E-state index is 5.26. The van der Waals surface area contributed by atoms with Crippen molar-refractivity contribution >= 4 is 51.9 Å². The number of anilines is 5. The van der Waals surface area contributed by atoms with Crippen LogP contribution >= 0.6 is 11.3 Å². The second-order valence-corrected chi connectivity index (χ2v) is 10.2. The Labute approximate surface area is 253 Å². The zero-order chi connectivity index (χ0) is 30.0. The molecule has 43 heavy (non-hydrogen) atoms. The predicted molar refractivity (Wildman–Crippen MR) is 169 cm³/mol. The molecule has 0 bridgehead atoms. The summed E-state index contributed by atoms with van der Waals surface area (Å²) in [7, 11) is 7.21. The lowest BCUT2D eigenvalue weighted by Gasteiger charge is -2.11. The third-order valence-corrected chi connectivity index (χ3v) is 6.93. The first-order valence-corrected chi connectivity index (χ1v) is 14.1. The second kappa shape index (κ2) is 14.0. The molecule has 13 heteroatoms. The quantitative estimate of drug-likeness (QED) is 0.139. The molecule has 0 amide bonds. The van der Waals surface area contributed by atoms with E-state index in [-0.39, 0.29) is 17.8 Å². The Hall–Kier alpha value is -5.43. The van der Waals surface area contributed by atoms with Crippen LogP contribution in [-0.4, -0.2) is 43.3 Å². The van der Waals surface area contributed by atoms with Crippen LogP contribution in [0.3, 0.4) is 0 Å². The third kappa shape index (κ3) is 8.07. The molecule has 5 aromatic rings. The van der Waals surface area contributed by atoms with E-state index < -0.39 is 6.17 Å². The fraction of sp³-hybridized carbons (Fsp3) is 0.167. The highest BCUT2D eigenvalue weighted by Gasteiger charge is 2.13. The van der Waals surface area contributed by atoms with E-state index in [1.165, 1.54) is 11.3 Å². The van der Waals surface area contributed by atoms with Crippen LogP contribution in [0.5, 0.6) is 11.5 Å². The lowest BCUT2D eigenvalue weighted by atomic mass is 10.3. The van der Waals surface area contributed by atoms with Gasteiger partial charge in [-0.05, 0) is 84.2 Å². The van der Waals surface area contributed by atoms with Gasteiger partial charge in [0.2, 0.25) is 18.1 Å². The minimum Gasteiger partial charge on any atom is -0.497 e. The number of rotatable bonds is 12. The molecule has 0 spiro atoms. The normalized spacial score (nSPS) is 11.9. The fourth-order valence-electron chi connectivity index (χ4n) is 3.75. The summed E-state index contributed by atoms with van der Waals surface area (Å²) >= 11 is 1.51. The van der Waals surface area contributed by atoms with Crippen LogP contribution in [0.25, 0.3) is 0 Å². The predicted octanol–water partition coefficient (Wildman–Crippen LogP) is 8.07. The van der Waals surface area contributed by atoms with Crippen molar-refractivity contribution in [1.82, 2.24) is 15.0 Å². The van der Waals surface area contributed by atoms with Crippen LogP contribution in [-0.2, 0) is 0 Å². The minimum absolute atomic E-state index is 0.0918. The van der Waals surface area contributed by atoms with Gasteiger partial charge in [0.1, 0.15) is 11.5 Å². The Balaban J connectivity index is 1.43. The largest absolute Gasteiger partial charge is 0.497 e. The van der Waals surface area contributed by atoms with Gasteiger partial charge in [-0.25, -0.2) is 0 Å². The van der Waals surface area contributed by atoms with Gasteiger partial charge in [-0.15, -0.1) is 16.5 Å². The summed E-state index contributed by atoms with van der Waals surface area (Å²) < 4.78 is 10.5. The number of nitrogens with one attached hydrogen (secondary N) is 2.